The number of hydrogen-bond acceptors (Lipinski definition) is 3. The molecule has 0 aromatic heterocycles. The maximum absolute atomic E-state index is 9.62. The van der Waals surface area contributed by atoms with Gasteiger partial charge in [-0.1, -0.05) is 0 Å². The second-order valence-corrected chi connectivity index (χ2v) is 3.67. The number of fused-ring (bicyclic) bond motifs is 2. The predicted molar refractivity (Wildman–Crippen MR) is 39.0 cm³/mol. The maximum Gasteiger partial charge on any atom is 0.0642 e. The van der Waals surface area contributed by atoms with Crippen LogP contribution in [0.1, 0.15) is 12.8 Å². The van der Waals surface area contributed by atoms with Crippen LogP contribution in [0.2, 0.25) is 0 Å². The van der Waals surface area contributed by atoms with E-state index in [0.717, 1.165) is 0 Å². The first kappa shape index (κ1) is 7.53. The molecule has 1 heterocycles. The molecule has 0 amide bonds. The first-order valence-electron chi connectivity index (χ1n) is 4.21. The smallest absolute Gasteiger partial charge is 0.0642 e. The zero-order valence-corrected chi connectivity index (χ0v) is 6.44. The molecule has 2 fully saturated rings. The standard InChI is InChI=1S/C8H14O3/c9-7-1-5-3-11-4-6(2-7)8(5)10/h5-10H,1-4H2. The van der Waals surface area contributed by atoms with Crippen molar-refractivity contribution in [2.24, 2.45) is 11.8 Å². The highest BCUT2D eigenvalue weighted by atomic mass is 16.5. The molecule has 1 aliphatic carbocycles. The van der Waals surface area contributed by atoms with Crippen LogP contribution in [0.5, 0.6) is 0 Å². The average Bonchev–Trinajstić information content (AvgIpc) is 1.92. The monoisotopic (exact) mass is 158 g/mol. The molecule has 2 N–H and O–H groups in total. The third-order valence-electron chi connectivity index (χ3n) is 2.78. The average molecular weight is 158 g/mol. The van der Waals surface area contributed by atoms with Crippen LogP contribution >= 0.6 is 0 Å². The van der Waals surface area contributed by atoms with Crippen LogP contribution < -0.4 is 0 Å². The summed E-state index contributed by atoms with van der Waals surface area (Å²) in [4.78, 5) is 0. The summed E-state index contributed by atoms with van der Waals surface area (Å²) in [6, 6.07) is 0. The number of aliphatic hydroxyl groups excluding tert-OH is 2. The van der Waals surface area contributed by atoms with E-state index in [1.165, 1.54) is 0 Å². The van der Waals surface area contributed by atoms with Crippen molar-refractivity contribution in [3.05, 3.63) is 0 Å². The Kier molecular flexibility index (Phi) is 1.87. The number of rotatable bonds is 0. The molecule has 11 heavy (non-hydrogen) atoms. The molecule has 0 aromatic rings. The molecule has 64 valence electrons. The van der Waals surface area contributed by atoms with Gasteiger partial charge < -0.3 is 14.9 Å². The van der Waals surface area contributed by atoms with E-state index in [4.69, 9.17) is 4.74 Å². The van der Waals surface area contributed by atoms with E-state index in [1.807, 2.05) is 0 Å². The van der Waals surface area contributed by atoms with Gasteiger partial charge in [0.25, 0.3) is 0 Å². The van der Waals surface area contributed by atoms with E-state index >= 15 is 0 Å². The minimum absolute atomic E-state index is 0.178. The lowest BCUT2D eigenvalue weighted by Crippen LogP contribution is -2.47. The van der Waals surface area contributed by atoms with Crippen molar-refractivity contribution in [2.75, 3.05) is 13.2 Å². The Morgan fingerprint density at radius 2 is 1.55 bits per heavy atom. The van der Waals surface area contributed by atoms with Crippen LogP contribution in [0.4, 0.5) is 0 Å². The maximum atomic E-state index is 9.62. The van der Waals surface area contributed by atoms with Crippen LogP contribution in [0.15, 0.2) is 0 Å². The molecule has 3 heteroatoms. The number of hydrogen-bond donors (Lipinski definition) is 2. The molecule has 2 aliphatic rings. The first-order valence-corrected chi connectivity index (χ1v) is 4.21. The Hall–Kier alpha value is -0.120. The highest BCUT2D eigenvalue weighted by molar-refractivity contribution is 4.88. The molecule has 0 radical (unpaired) electrons. The van der Waals surface area contributed by atoms with Crippen LogP contribution in [0.25, 0.3) is 0 Å². The fourth-order valence-corrected chi connectivity index (χ4v) is 2.16. The Labute approximate surface area is 66.0 Å². The zero-order chi connectivity index (χ0) is 7.84. The molecule has 0 aromatic carbocycles. The minimum Gasteiger partial charge on any atom is -0.393 e. The minimum atomic E-state index is -0.229. The second-order valence-electron chi connectivity index (χ2n) is 3.67. The van der Waals surface area contributed by atoms with Gasteiger partial charge >= 0.3 is 0 Å². The summed E-state index contributed by atoms with van der Waals surface area (Å²) in [5.74, 6) is 0.356. The molecule has 2 rings (SSSR count). The van der Waals surface area contributed by atoms with E-state index in [9.17, 15) is 10.2 Å². The molecule has 2 unspecified atom stereocenters. The van der Waals surface area contributed by atoms with Crippen LogP contribution in [0, 0.1) is 11.8 Å². The molecule has 1 saturated heterocycles. The molecule has 3 nitrogen and oxygen atoms in total. The summed E-state index contributed by atoms with van der Waals surface area (Å²) >= 11 is 0. The van der Waals surface area contributed by atoms with Gasteiger partial charge in [-0.05, 0) is 12.8 Å². The van der Waals surface area contributed by atoms with Crippen molar-refractivity contribution >= 4 is 0 Å². The van der Waals surface area contributed by atoms with Crippen LogP contribution in [0.3, 0.4) is 0 Å². The summed E-state index contributed by atoms with van der Waals surface area (Å²) < 4.78 is 5.28. The van der Waals surface area contributed by atoms with Gasteiger partial charge in [0.15, 0.2) is 0 Å². The fourth-order valence-electron chi connectivity index (χ4n) is 2.16. The van der Waals surface area contributed by atoms with Crippen LogP contribution in [-0.2, 0) is 4.74 Å². The molecule has 2 bridgehead atoms. The van der Waals surface area contributed by atoms with Gasteiger partial charge in [-0.25, -0.2) is 0 Å². The molecule has 2 atom stereocenters. The van der Waals surface area contributed by atoms with E-state index in [2.05, 4.69) is 0 Å². The molecule has 1 aliphatic heterocycles. The second kappa shape index (κ2) is 2.73. The van der Waals surface area contributed by atoms with Gasteiger partial charge in [-0.2, -0.15) is 0 Å². The van der Waals surface area contributed by atoms with Gasteiger partial charge in [-0.15, -0.1) is 0 Å². The van der Waals surface area contributed by atoms with Gasteiger partial charge in [0.2, 0.25) is 0 Å². The van der Waals surface area contributed by atoms with Crippen molar-refractivity contribution in [1.29, 1.82) is 0 Å². The third kappa shape index (κ3) is 1.28. The van der Waals surface area contributed by atoms with Crippen molar-refractivity contribution in [2.45, 2.75) is 25.0 Å². The van der Waals surface area contributed by atoms with Crippen molar-refractivity contribution < 1.29 is 14.9 Å². The van der Waals surface area contributed by atoms with E-state index in [-0.39, 0.29) is 24.0 Å². The summed E-state index contributed by atoms with van der Waals surface area (Å²) in [6.45, 7) is 1.24. The molecular weight excluding hydrogens is 144 g/mol. The topological polar surface area (TPSA) is 49.7 Å². The number of aliphatic hydroxyl groups is 2. The van der Waals surface area contributed by atoms with Gasteiger partial charge in [-0.3, -0.25) is 0 Å². The van der Waals surface area contributed by atoms with Gasteiger partial charge in [0, 0.05) is 11.8 Å². The lowest BCUT2D eigenvalue weighted by molar-refractivity contribution is -0.129. The van der Waals surface area contributed by atoms with E-state index < -0.39 is 0 Å². The SMILES string of the molecule is OC1CC2COCC(C1)C2O. The molecule has 0 spiro atoms. The van der Waals surface area contributed by atoms with E-state index in [1.54, 1.807) is 0 Å². The van der Waals surface area contributed by atoms with Gasteiger partial charge in [0.1, 0.15) is 0 Å². The molecule has 1 saturated carbocycles. The Balaban J connectivity index is 2.07. The quantitative estimate of drug-likeness (QED) is 0.511. The van der Waals surface area contributed by atoms with Crippen molar-refractivity contribution in [3.8, 4) is 0 Å². The predicted octanol–water partition coefficient (Wildman–Crippen LogP) is -0.235. The van der Waals surface area contributed by atoms with Crippen molar-refractivity contribution in [3.63, 3.8) is 0 Å². The lowest BCUT2D eigenvalue weighted by Gasteiger charge is -2.41. The largest absolute Gasteiger partial charge is 0.393 e. The Morgan fingerprint density at radius 1 is 1.00 bits per heavy atom. The lowest BCUT2D eigenvalue weighted by atomic mass is 9.76. The van der Waals surface area contributed by atoms with Gasteiger partial charge in [0.05, 0.1) is 25.4 Å². The summed E-state index contributed by atoms with van der Waals surface area (Å²) in [7, 11) is 0. The van der Waals surface area contributed by atoms with Crippen molar-refractivity contribution in [1.82, 2.24) is 0 Å². The highest BCUT2D eigenvalue weighted by Crippen LogP contribution is 2.33. The normalized spacial score (nSPS) is 50.7. The fraction of sp³-hybridized carbons (Fsp3) is 1.00. The Bertz CT molecular complexity index is 134. The highest BCUT2D eigenvalue weighted by Gasteiger charge is 2.39. The van der Waals surface area contributed by atoms with Crippen LogP contribution in [-0.4, -0.2) is 35.6 Å². The number of ether oxygens (including phenoxy) is 1. The molecular formula is C8H14O3. The third-order valence-corrected chi connectivity index (χ3v) is 2.78. The zero-order valence-electron chi connectivity index (χ0n) is 6.44. The first-order chi connectivity index (χ1) is 5.27. The summed E-state index contributed by atoms with van der Waals surface area (Å²) in [5, 5.41) is 19.0. The summed E-state index contributed by atoms with van der Waals surface area (Å²) in [6.07, 6.45) is 0.972. The summed E-state index contributed by atoms with van der Waals surface area (Å²) in [5.41, 5.74) is 0. The van der Waals surface area contributed by atoms with E-state index in [0.29, 0.717) is 26.1 Å². The Morgan fingerprint density at radius 3 is 2.09 bits per heavy atom.